The second-order valence-corrected chi connectivity index (χ2v) is 6.77. The van der Waals surface area contributed by atoms with E-state index in [1.165, 1.54) is 16.7 Å². The molecule has 0 bridgehead atoms. The minimum absolute atomic E-state index is 0.0237. The average molecular weight is 292 g/mol. The molecule has 1 aliphatic heterocycles. The molecule has 1 heterocycles. The van der Waals surface area contributed by atoms with Crippen LogP contribution in [0.4, 0.5) is 0 Å². The van der Waals surface area contributed by atoms with E-state index in [0.717, 1.165) is 11.5 Å². The predicted octanol–water partition coefficient (Wildman–Crippen LogP) is 2.88. The van der Waals surface area contributed by atoms with Crippen LogP contribution in [0.3, 0.4) is 0 Å². The highest BCUT2D eigenvalue weighted by Crippen LogP contribution is 2.28. The van der Waals surface area contributed by atoms with Gasteiger partial charge in [-0.15, -0.1) is 0 Å². The Morgan fingerprint density at radius 2 is 2.20 bits per heavy atom. The molecule has 1 N–H and O–H groups in total. The Balaban J connectivity index is 2.23. The second-order valence-electron chi connectivity index (χ2n) is 5.45. The molecule has 2 unspecified atom stereocenters. The van der Waals surface area contributed by atoms with Crippen molar-refractivity contribution in [2.75, 3.05) is 18.1 Å². The molecule has 3 nitrogen and oxygen atoms in total. The number of carbonyl (C=O) groups excluding carboxylic acids is 1. The maximum absolute atomic E-state index is 12.2. The molecule has 1 aliphatic rings. The summed E-state index contributed by atoms with van der Waals surface area (Å²) in [6, 6.07) is 6.71. The van der Waals surface area contributed by atoms with Crippen LogP contribution in [0.2, 0.25) is 0 Å². The van der Waals surface area contributed by atoms with Crippen LogP contribution in [0, 0.1) is 13.8 Å². The first-order valence-electron chi connectivity index (χ1n) is 7.24. The number of benzene rings is 1. The van der Waals surface area contributed by atoms with E-state index in [1.54, 1.807) is 0 Å². The van der Waals surface area contributed by atoms with E-state index in [4.69, 9.17) is 0 Å². The number of thioether (sulfide) groups is 1. The van der Waals surface area contributed by atoms with Gasteiger partial charge in [0.25, 0.3) is 0 Å². The fourth-order valence-electron chi connectivity index (χ4n) is 2.78. The lowest BCUT2D eigenvalue weighted by Crippen LogP contribution is -2.39. The van der Waals surface area contributed by atoms with Gasteiger partial charge in [0, 0.05) is 11.8 Å². The highest BCUT2D eigenvalue weighted by atomic mass is 32.2. The van der Waals surface area contributed by atoms with Gasteiger partial charge >= 0.3 is 0 Å². The van der Waals surface area contributed by atoms with Crippen molar-refractivity contribution in [1.29, 1.82) is 0 Å². The van der Waals surface area contributed by atoms with Gasteiger partial charge in [-0.3, -0.25) is 10.1 Å². The number of nitrogens with zero attached hydrogens (tertiary/aromatic N) is 1. The van der Waals surface area contributed by atoms with Crippen molar-refractivity contribution < 1.29 is 4.79 Å². The lowest BCUT2D eigenvalue weighted by Gasteiger charge is -2.31. The third-order valence-electron chi connectivity index (χ3n) is 3.77. The van der Waals surface area contributed by atoms with Gasteiger partial charge in [0.2, 0.25) is 5.91 Å². The maximum atomic E-state index is 12.2. The Kier molecular flexibility index (Phi) is 5.11. The van der Waals surface area contributed by atoms with E-state index in [0.29, 0.717) is 6.54 Å². The summed E-state index contributed by atoms with van der Waals surface area (Å²) >= 11 is 1.89. The van der Waals surface area contributed by atoms with Gasteiger partial charge in [-0.1, -0.05) is 30.7 Å². The fourth-order valence-corrected chi connectivity index (χ4v) is 3.52. The van der Waals surface area contributed by atoms with Crippen LogP contribution in [0.5, 0.6) is 0 Å². The Labute approximate surface area is 126 Å². The van der Waals surface area contributed by atoms with Crippen LogP contribution in [-0.2, 0) is 4.79 Å². The molecule has 1 aromatic rings. The molecule has 0 spiro atoms. The Bertz CT molecular complexity index is 489. The number of hydrogen-bond donors (Lipinski definition) is 1. The first-order chi connectivity index (χ1) is 9.54. The minimum atomic E-state index is 0.0237. The number of nitrogens with one attached hydrogen (secondary N) is 1. The van der Waals surface area contributed by atoms with E-state index in [-0.39, 0.29) is 18.1 Å². The van der Waals surface area contributed by atoms with Gasteiger partial charge in [-0.2, -0.15) is 11.8 Å². The monoisotopic (exact) mass is 292 g/mol. The summed E-state index contributed by atoms with van der Waals surface area (Å²) in [4.78, 5) is 14.2. The molecule has 2 rings (SSSR count). The fraction of sp³-hybridized carbons (Fsp3) is 0.562. The first kappa shape index (κ1) is 15.4. The Hall–Kier alpha value is -1.00. The summed E-state index contributed by atoms with van der Waals surface area (Å²) in [6.07, 6.45) is 0.0237. The minimum Gasteiger partial charge on any atom is -0.318 e. The van der Waals surface area contributed by atoms with E-state index in [9.17, 15) is 4.79 Å². The second kappa shape index (κ2) is 6.64. The highest BCUT2D eigenvalue weighted by molar-refractivity contribution is 7.99. The smallest absolute Gasteiger partial charge is 0.238 e. The van der Waals surface area contributed by atoms with Gasteiger partial charge in [0.1, 0.15) is 6.17 Å². The molecular formula is C16H24N2OS. The maximum Gasteiger partial charge on any atom is 0.238 e. The summed E-state index contributed by atoms with van der Waals surface area (Å²) in [7, 11) is 0. The largest absolute Gasteiger partial charge is 0.318 e. The van der Waals surface area contributed by atoms with Gasteiger partial charge < -0.3 is 4.90 Å². The van der Waals surface area contributed by atoms with E-state index < -0.39 is 0 Å². The molecule has 1 aromatic carbocycles. The van der Waals surface area contributed by atoms with Crippen molar-refractivity contribution in [2.24, 2.45) is 0 Å². The number of amides is 1. The molecule has 1 saturated heterocycles. The van der Waals surface area contributed by atoms with Crippen molar-refractivity contribution in [3.63, 3.8) is 0 Å². The molecule has 1 fully saturated rings. The zero-order valence-electron chi connectivity index (χ0n) is 12.8. The van der Waals surface area contributed by atoms with Gasteiger partial charge in [-0.05, 0) is 37.7 Å². The third-order valence-corrected chi connectivity index (χ3v) is 4.90. The summed E-state index contributed by atoms with van der Waals surface area (Å²) in [6.45, 7) is 8.96. The Morgan fingerprint density at radius 1 is 1.45 bits per heavy atom. The van der Waals surface area contributed by atoms with Crippen LogP contribution in [0.25, 0.3) is 0 Å². The number of carbonyl (C=O) groups is 1. The molecule has 0 saturated carbocycles. The quantitative estimate of drug-likeness (QED) is 0.905. The SMILES string of the molecule is CCSCC(C)N1C(=O)CNC1c1ccc(C)cc1C. The van der Waals surface area contributed by atoms with Gasteiger partial charge in [-0.25, -0.2) is 0 Å². The zero-order valence-corrected chi connectivity index (χ0v) is 13.6. The summed E-state index contributed by atoms with van der Waals surface area (Å²) < 4.78 is 0. The van der Waals surface area contributed by atoms with Gasteiger partial charge in [0.05, 0.1) is 6.54 Å². The van der Waals surface area contributed by atoms with Crippen LogP contribution < -0.4 is 5.32 Å². The molecule has 110 valence electrons. The van der Waals surface area contributed by atoms with Crippen molar-refractivity contribution in [3.8, 4) is 0 Å². The number of rotatable bonds is 5. The van der Waals surface area contributed by atoms with Crippen LogP contribution in [-0.4, -0.2) is 34.9 Å². The molecular weight excluding hydrogens is 268 g/mol. The number of aryl methyl sites for hydroxylation is 2. The lowest BCUT2D eigenvalue weighted by molar-refractivity contribution is -0.129. The summed E-state index contributed by atoms with van der Waals surface area (Å²) in [5, 5.41) is 3.36. The molecule has 0 aromatic heterocycles. The normalized spacial score (nSPS) is 20.5. The summed E-state index contributed by atoms with van der Waals surface area (Å²) in [5.41, 5.74) is 3.73. The van der Waals surface area contributed by atoms with Crippen molar-refractivity contribution in [3.05, 3.63) is 34.9 Å². The van der Waals surface area contributed by atoms with Crippen LogP contribution in [0.15, 0.2) is 18.2 Å². The molecule has 20 heavy (non-hydrogen) atoms. The van der Waals surface area contributed by atoms with E-state index in [2.05, 4.69) is 51.2 Å². The first-order valence-corrected chi connectivity index (χ1v) is 8.39. The molecule has 2 atom stereocenters. The van der Waals surface area contributed by atoms with Crippen LogP contribution >= 0.6 is 11.8 Å². The van der Waals surface area contributed by atoms with Crippen molar-refractivity contribution >= 4 is 17.7 Å². The van der Waals surface area contributed by atoms with Crippen molar-refractivity contribution in [1.82, 2.24) is 10.2 Å². The predicted molar refractivity (Wildman–Crippen MR) is 86.0 cm³/mol. The van der Waals surface area contributed by atoms with Crippen molar-refractivity contribution in [2.45, 2.75) is 39.9 Å². The van der Waals surface area contributed by atoms with Gasteiger partial charge in [0.15, 0.2) is 0 Å². The summed E-state index contributed by atoms with van der Waals surface area (Å²) in [5.74, 6) is 2.29. The third kappa shape index (κ3) is 3.18. The van der Waals surface area contributed by atoms with E-state index in [1.807, 2.05) is 16.7 Å². The zero-order chi connectivity index (χ0) is 14.7. The molecule has 0 aliphatic carbocycles. The Morgan fingerprint density at radius 3 is 2.85 bits per heavy atom. The highest BCUT2D eigenvalue weighted by Gasteiger charge is 2.35. The lowest BCUT2D eigenvalue weighted by atomic mass is 10.0. The van der Waals surface area contributed by atoms with E-state index >= 15 is 0 Å². The molecule has 4 heteroatoms. The number of hydrogen-bond acceptors (Lipinski definition) is 3. The molecule has 0 radical (unpaired) electrons. The standard InChI is InChI=1S/C16H24N2OS/c1-5-20-10-13(4)18-15(19)9-17-16(18)14-7-6-11(2)8-12(14)3/h6-8,13,16-17H,5,9-10H2,1-4H3. The molecule has 1 amide bonds. The average Bonchev–Trinajstić information content (AvgIpc) is 2.78. The topological polar surface area (TPSA) is 32.3 Å². The van der Waals surface area contributed by atoms with Crippen LogP contribution in [0.1, 0.15) is 36.7 Å².